The van der Waals surface area contributed by atoms with Gasteiger partial charge in [-0.2, -0.15) is 0 Å². The van der Waals surface area contributed by atoms with Crippen LogP contribution in [0.4, 0.5) is 10.1 Å². The van der Waals surface area contributed by atoms with E-state index in [9.17, 15) is 14.0 Å². The molecule has 1 N–H and O–H groups in total. The van der Waals surface area contributed by atoms with Crippen LogP contribution in [0.25, 0.3) is 0 Å². The highest BCUT2D eigenvalue weighted by molar-refractivity contribution is 6.31. The Kier molecular flexibility index (Phi) is 8.43. The molecule has 31 heavy (non-hydrogen) atoms. The van der Waals surface area contributed by atoms with Crippen LogP contribution in [0.15, 0.2) is 42.5 Å². The fraction of sp³-hybridized carbons (Fsp3) is 0.417. The van der Waals surface area contributed by atoms with Gasteiger partial charge in [-0.3, -0.25) is 9.69 Å². The number of nitrogens with zero attached hydrogens (tertiary/aromatic N) is 1. The highest BCUT2D eigenvalue weighted by Crippen LogP contribution is 2.25. The van der Waals surface area contributed by atoms with Crippen LogP contribution in [0, 0.1) is 11.7 Å². The lowest BCUT2D eigenvalue weighted by Crippen LogP contribution is -2.40. The van der Waals surface area contributed by atoms with Crippen LogP contribution in [0.5, 0.6) is 0 Å². The van der Waals surface area contributed by atoms with Gasteiger partial charge >= 0.3 is 5.97 Å². The molecule has 0 radical (unpaired) electrons. The second-order valence-corrected chi connectivity index (χ2v) is 8.24. The number of anilines is 1. The van der Waals surface area contributed by atoms with Crippen molar-refractivity contribution >= 4 is 29.2 Å². The van der Waals surface area contributed by atoms with E-state index in [1.54, 1.807) is 36.4 Å². The lowest BCUT2D eigenvalue weighted by molar-refractivity contribution is -0.121. The van der Waals surface area contributed by atoms with Crippen molar-refractivity contribution in [2.75, 3.05) is 25.0 Å². The van der Waals surface area contributed by atoms with Crippen LogP contribution in [0.3, 0.4) is 0 Å². The molecule has 1 atom stereocenters. The van der Waals surface area contributed by atoms with Gasteiger partial charge in [-0.15, -0.1) is 0 Å². The zero-order valence-electron chi connectivity index (χ0n) is 17.7. The minimum Gasteiger partial charge on any atom is -0.462 e. The zero-order valence-corrected chi connectivity index (χ0v) is 18.5. The highest BCUT2D eigenvalue weighted by Gasteiger charge is 2.27. The van der Waals surface area contributed by atoms with Crippen LogP contribution in [0.1, 0.15) is 48.5 Å². The number of rotatable bonds is 8. The summed E-state index contributed by atoms with van der Waals surface area (Å²) >= 11 is 6.15. The van der Waals surface area contributed by atoms with E-state index in [1.807, 2.05) is 6.92 Å². The molecule has 2 aromatic carbocycles. The maximum atomic E-state index is 14.1. The van der Waals surface area contributed by atoms with Crippen molar-refractivity contribution in [1.82, 2.24) is 4.90 Å². The topological polar surface area (TPSA) is 58.6 Å². The summed E-state index contributed by atoms with van der Waals surface area (Å²) in [4.78, 5) is 26.8. The molecular formula is C24H28ClFN2O3. The van der Waals surface area contributed by atoms with Crippen molar-refractivity contribution in [2.24, 2.45) is 5.92 Å². The number of esters is 1. The third kappa shape index (κ3) is 6.52. The second-order valence-electron chi connectivity index (χ2n) is 7.83. The van der Waals surface area contributed by atoms with E-state index in [2.05, 4.69) is 10.2 Å². The minimum absolute atomic E-state index is 0.0809. The van der Waals surface area contributed by atoms with Gasteiger partial charge in [0, 0.05) is 29.4 Å². The first-order valence-corrected chi connectivity index (χ1v) is 11.1. The van der Waals surface area contributed by atoms with E-state index in [1.165, 1.54) is 6.07 Å². The van der Waals surface area contributed by atoms with Gasteiger partial charge in [0.15, 0.2) is 0 Å². The molecule has 5 nitrogen and oxygen atoms in total. The first-order valence-electron chi connectivity index (χ1n) is 10.7. The summed E-state index contributed by atoms with van der Waals surface area (Å²) in [6.45, 7) is 4.15. The van der Waals surface area contributed by atoms with E-state index in [0.717, 1.165) is 32.2 Å². The van der Waals surface area contributed by atoms with Crippen LogP contribution in [-0.4, -0.2) is 36.5 Å². The Hall–Kier alpha value is -2.44. The van der Waals surface area contributed by atoms with Gasteiger partial charge in [-0.05, 0) is 62.2 Å². The molecule has 166 valence electrons. The zero-order chi connectivity index (χ0) is 22.2. The number of amides is 1. The summed E-state index contributed by atoms with van der Waals surface area (Å²) in [5.74, 6) is -0.964. The number of likely N-dealkylation sites (tertiary alicyclic amines) is 1. The lowest BCUT2D eigenvalue weighted by atomic mass is 9.96. The van der Waals surface area contributed by atoms with Gasteiger partial charge in [-0.1, -0.05) is 31.0 Å². The molecule has 0 spiro atoms. The average molecular weight is 447 g/mol. The Bertz CT molecular complexity index is 884. The molecule has 1 aliphatic rings. The largest absolute Gasteiger partial charge is 0.462 e. The number of carbonyl (C=O) groups is 2. The average Bonchev–Trinajstić information content (AvgIpc) is 2.77. The summed E-state index contributed by atoms with van der Waals surface area (Å²) in [5, 5.41) is 3.32. The van der Waals surface area contributed by atoms with Crippen molar-refractivity contribution < 1.29 is 18.7 Å². The molecule has 1 amide bonds. The van der Waals surface area contributed by atoms with Crippen molar-refractivity contribution in [2.45, 2.75) is 39.2 Å². The van der Waals surface area contributed by atoms with Crippen LogP contribution >= 0.6 is 11.6 Å². The molecule has 1 heterocycles. The molecule has 0 aliphatic carbocycles. The fourth-order valence-corrected chi connectivity index (χ4v) is 3.87. The van der Waals surface area contributed by atoms with Crippen LogP contribution < -0.4 is 5.32 Å². The number of benzene rings is 2. The maximum absolute atomic E-state index is 14.1. The Morgan fingerprint density at radius 1 is 1.23 bits per heavy atom. The molecule has 1 aliphatic heterocycles. The van der Waals surface area contributed by atoms with Crippen LogP contribution in [-0.2, 0) is 16.1 Å². The van der Waals surface area contributed by atoms with E-state index in [-0.39, 0.29) is 23.6 Å². The Morgan fingerprint density at radius 3 is 2.71 bits per heavy atom. The SMILES string of the molecule is CCCCOC(=O)c1ccc(NC(=O)C2CCCN(Cc3c(F)cccc3Cl)C2)cc1. The smallest absolute Gasteiger partial charge is 0.338 e. The summed E-state index contributed by atoms with van der Waals surface area (Å²) in [6.07, 6.45) is 3.42. The van der Waals surface area contributed by atoms with Crippen LogP contribution in [0.2, 0.25) is 5.02 Å². The predicted octanol–water partition coefficient (Wildman–Crippen LogP) is 5.29. The van der Waals surface area contributed by atoms with Crippen molar-refractivity contribution in [1.29, 1.82) is 0 Å². The molecule has 1 saturated heterocycles. The third-order valence-corrected chi connectivity index (χ3v) is 5.79. The minimum atomic E-state index is -0.360. The molecule has 0 bridgehead atoms. The Labute approximate surface area is 187 Å². The summed E-state index contributed by atoms with van der Waals surface area (Å²) in [7, 11) is 0. The van der Waals surface area contributed by atoms with E-state index < -0.39 is 0 Å². The summed E-state index contributed by atoms with van der Waals surface area (Å²) in [6, 6.07) is 11.4. The second kappa shape index (κ2) is 11.3. The number of piperidine rings is 1. The molecule has 0 aromatic heterocycles. The summed E-state index contributed by atoms with van der Waals surface area (Å²) in [5.41, 5.74) is 1.55. The first-order chi connectivity index (χ1) is 15.0. The highest BCUT2D eigenvalue weighted by atomic mass is 35.5. The fourth-order valence-electron chi connectivity index (χ4n) is 3.65. The Balaban J connectivity index is 1.54. The number of hydrogen-bond donors (Lipinski definition) is 1. The predicted molar refractivity (Wildman–Crippen MR) is 120 cm³/mol. The molecule has 0 saturated carbocycles. The standard InChI is InChI=1S/C24H28ClFN2O3/c1-2-3-14-31-24(30)17-9-11-19(12-10-17)27-23(29)18-6-5-13-28(15-18)16-20-21(25)7-4-8-22(20)26/h4,7-12,18H,2-3,5-6,13-16H2,1H3,(H,27,29). The van der Waals surface area contributed by atoms with Crippen molar-refractivity contribution in [3.63, 3.8) is 0 Å². The Morgan fingerprint density at radius 2 is 2.00 bits per heavy atom. The maximum Gasteiger partial charge on any atom is 0.338 e. The monoisotopic (exact) mass is 446 g/mol. The lowest BCUT2D eigenvalue weighted by Gasteiger charge is -2.32. The van der Waals surface area contributed by atoms with Gasteiger partial charge in [-0.25, -0.2) is 9.18 Å². The normalized spacial score (nSPS) is 16.7. The quantitative estimate of drug-likeness (QED) is 0.442. The summed E-state index contributed by atoms with van der Waals surface area (Å²) < 4.78 is 19.3. The molecule has 7 heteroatoms. The van der Waals surface area contributed by atoms with E-state index in [0.29, 0.717) is 41.5 Å². The number of nitrogens with one attached hydrogen (secondary N) is 1. The molecule has 1 fully saturated rings. The van der Waals surface area contributed by atoms with E-state index in [4.69, 9.17) is 16.3 Å². The van der Waals surface area contributed by atoms with Crippen molar-refractivity contribution in [3.05, 3.63) is 64.4 Å². The van der Waals surface area contributed by atoms with Crippen molar-refractivity contribution in [3.8, 4) is 0 Å². The van der Waals surface area contributed by atoms with Gasteiger partial charge in [0.05, 0.1) is 18.1 Å². The van der Waals surface area contributed by atoms with Gasteiger partial charge in [0.1, 0.15) is 5.82 Å². The molecule has 3 rings (SSSR count). The molecule has 1 unspecified atom stereocenters. The number of ether oxygens (including phenoxy) is 1. The number of carbonyl (C=O) groups excluding carboxylic acids is 2. The van der Waals surface area contributed by atoms with Gasteiger partial charge < -0.3 is 10.1 Å². The number of hydrogen-bond acceptors (Lipinski definition) is 4. The third-order valence-electron chi connectivity index (χ3n) is 5.44. The molecule has 2 aromatic rings. The van der Waals surface area contributed by atoms with Gasteiger partial charge in [0.2, 0.25) is 5.91 Å². The van der Waals surface area contributed by atoms with Gasteiger partial charge in [0.25, 0.3) is 0 Å². The number of unbranched alkanes of at least 4 members (excludes halogenated alkanes) is 1. The van der Waals surface area contributed by atoms with E-state index >= 15 is 0 Å². The number of halogens is 2. The first kappa shape index (κ1) is 23.2. The molecular weight excluding hydrogens is 419 g/mol.